The van der Waals surface area contributed by atoms with Crippen molar-refractivity contribution in [3.8, 4) is 11.6 Å². The van der Waals surface area contributed by atoms with Crippen LogP contribution in [0.1, 0.15) is 49.2 Å². The molecule has 8 heteroatoms. The molecule has 0 spiro atoms. The summed E-state index contributed by atoms with van der Waals surface area (Å²) in [5, 5.41) is 0.370. The fourth-order valence-electron chi connectivity index (χ4n) is 4.82. The number of benzene rings is 2. The second kappa shape index (κ2) is 11.5. The van der Waals surface area contributed by atoms with Gasteiger partial charge >= 0.3 is 0 Å². The van der Waals surface area contributed by atoms with E-state index in [9.17, 15) is 4.39 Å². The summed E-state index contributed by atoms with van der Waals surface area (Å²) < 4.78 is 28.0. The Kier molecular flexibility index (Phi) is 7.91. The number of nitrogens with zero attached hydrogens (tertiary/aromatic N) is 4. The molecule has 0 saturated carbocycles. The molecule has 6 nitrogen and oxygen atoms in total. The first-order chi connectivity index (χ1) is 18.0. The second-order valence-electron chi connectivity index (χ2n) is 9.53. The van der Waals surface area contributed by atoms with Crippen LogP contribution in [0.3, 0.4) is 0 Å². The maximum Gasteiger partial charge on any atom is 0.213 e. The molecular weight excluding hydrogens is 491 g/mol. The van der Waals surface area contributed by atoms with Gasteiger partial charge in [-0.05, 0) is 62.7 Å². The van der Waals surface area contributed by atoms with Crippen molar-refractivity contribution in [3.63, 3.8) is 0 Å². The van der Waals surface area contributed by atoms with Gasteiger partial charge < -0.3 is 14.0 Å². The molecule has 1 aliphatic heterocycles. The van der Waals surface area contributed by atoms with Gasteiger partial charge in [-0.3, -0.25) is 4.90 Å². The number of hydrogen-bond donors (Lipinski definition) is 0. The molecule has 2 aromatic carbocycles. The van der Waals surface area contributed by atoms with Crippen molar-refractivity contribution in [2.24, 2.45) is 7.05 Å². The summed E-state index contributed by atoms with van der Waals surface area (Å²) in [6, 6.07) is 16.5. The van der Waals surface area contributed by atoms with Crippen LogP contribution in [0, 0.1) is 5.82 Å². The standard InChI is InChI=1S/C29H32ClFN4O2/c1-3-16-36-26-8-5-7-25-29(26)33-27(34(25)2)18-35-14-12-20(13-15-35)24-6-4-9-28(32-24)37-19-21-10-11-22(30)17-23(21)31/h4-11,17,20H,3,12-16,18-19H2,1-2H3. The van der Waals surface area contributed by atoms with Crippen LogP contribution >= 0.6 is 11.6 Å². The zero-order chi connectivity index (χ0) is 25.8. The minimum absolute atomic E-state index is 0.112. The number of ether oxygens (including phenoxy) is 2. The third-order valence-corrected chi connectivity index (χ3v) is 7.17. The van der Waals surface area contributed by atoms with Gasteiger partial charge in [-0.2, -0.15) is 0 Å². The molecule has 2 aromatic heterocycles. The third-order valence-electron chi connectivity index (χ3n) is 6.94. The molecule has 0 bridgehead atoms. The molecule has 0 aliphatic carbocycles. The fraction of sp³-hybridized carbons (Fsp3) is 0.379. The van der Waals surface area contributed by atoms with E-state index in [2.05, 4.69) is 35.6 Å². The molecule has 0 atom stereocenters. The summed E-state index contributed by atoms with van der Waals surface area (Å²) >= 11 is 5.84. The van der Waals surface area contributed by atoms with E-state index >= 15 is 0 Å². The van der Waals surface area contributed by atoms with Crippen molar-refractivity contribution in [1.82, 2.24) is 19.4 Å². The predicted molar refractivity (Wildman–Crippen MR) is 144 cm³/mol. The molecule has 1 aliphatic rings. The Balaban J connectivity index is 1.19. The molecule has 37 heavy (non-hydrogen) atoms. The van der Waals surface area contributed by atoms with E-state index in [1.165, 1.54) is 6.07 Å². The summed E-state index contributed by atoms with van der Waals surface area (Å²) in [7, 11) is 2.08. The lowest BCUT2D eigenvalue weighted by Crippen LogP contribution is -2.33. The number of halogens is 2. The highest BCUT2D eigenvalue weighted by Gasteiger charge is 2.24. The zero-order valence-corrected chi connectivity index (χ0v) is 22.0. The van der Waals surface area contributed by atoms with Gasteiger partial charge in [0.05, 0.1) is 18.7 Å². The van der Waals surface area contributed by atoms with Crippen LogP contribution in [0.15, 0.2) is 54.6 Å². The lowest BCUT2D eigenvalue weighted by Gasteiger charge is -2.31. The Morgan fingerprint density at radius 3 is 2.62 bits per heavy atom. The van der Waals surface area contributed by atoms with E-state index < -0.39 is 0 Å². The van der Waals surface area contributed by atoms with Gasteiger partial charge in [0, 0.05) is 35.3 Å². The highest BCUT2D eigenvalue weighted by Crippen LogP contribution is 2.30. The summed E-state index contributed by atoms with van der Waals surface area (Å²) in [5.74, 6) is 2.40. The van der Waals surface area contributed by atoms with E-state index in [0.717, 1.165) is 67.2 Å². The van der Waals surface area contributed by atoms with Crippen molar-refractivity contribution in [1.29, 1.82) is 0 Å². The molecule has 1 saturated heterocycles. The number of hydrogen-bond acceptors (Lipinski definition) is 5. The van der Waals surface area contributed by atoms with Gasteiger partial charge in [-0.25, -0.2) is 14.4 Å². The second-order valence-corrected chi connectivity index (χ2v) is 9.97. The molecule has 0 radical (unpaired) electrons. The van der Waals surface area contributed by atoms with Crippen molar-refractivity contribution in [2.75, 3.05) is 19.7 Å². The lowest BCUT2D eigenvalue weighted by molar-refractivity contribution is 0.197. The lowest BCUT2D eigenvalue weighted by atomic mass is 9.93. The Labute approximate surface area is 222 Å². The molecule has 0 N–H and O–H groups in total. The van der Waals surface area contributed by atoms with Crippen molar-refractivity contribution >= 4 is 22.6 Å². The van der Waals surface area contributed by atoms with E-state index in [-0.39, 0.29) is 12.4 Å². The van der Waals surface area contributed by atoms with Crippen LogP contribution in [-0.2, 0) is 20.2 Å². The van der Waals surface area contributed by atoms with Crippen molar-refractivity contribution in [2.45, 2.75) is 45.3 Å². The van der Waals surface area contributed by atoms with Gasteiger partial charge in [0.25, 0.3) is 0 Å². The Morgan fingerprint density at radius 1 is 1.03 bits per heavy atom. The van der Waals surface area contributed by atoms with Crippen molar-refractivity contribution in [3.05, 3.63) is 82.5 Å². The molecule has 4 aromatic rings. The number of imidazole rings is 1. The van der Waals surface area contributed by atoms with Crippen LogP contribution in [0.4, 0.5) is 4.39 Å². The number of aromatic nitrogens is 3. The largest absolute Gasteiger partial charge is 0.491 e. The van der Waals surface area contributed by atoms with Gasteiger partial charge in [0.15, 0.2) is 0 Å². The quantitative estimate of drug-likeness (QED) is 0.251. The Morgan fingerprint density at radius 2 is 1.84 bits per heavy atom. The first kappa shape index (κ1) is 25.5. The Hall–Kier alpha value is -3.16. The molecule has 0 amide bonds. The average molecular weight is 523 g/mol. The summed E-state index contributed by atoms with van der Waals surface area (Å²) in [4.78, 5) is 12.1. The number of piperidine rings is 1. The van der Waals surface area contributed by atoms with E-state index in [0.29, 0.717) is 29.0 Å². The summed E-state index contributed by atoms with van der Waals surface area (Å²) in [6.45, 7) is 5.65. The molecule has 3 heterocycles. The topological polar surface area (TPSA) is 52.4 Å². The predicted octanol–water partition coefficient (Wildman–Crippen LogP) is 6.51. The van der Waals surface area contributed by atoms with Crippen LogP contribution < -0.4 is 9.47 Å². The summed E-state index contributed by atoms with van der Waals surface area (Å²) in [5.41, 5.74) is 3.51. The van der Waals surface area contributed by atoms with Crippen LogP contribution in [-0.4, -0.2) is 39.1 Å². The monoisotopic (exact) mass is 522 g/mol. The maximum absolute atomic E-state index is 14.1. The number of pyridine rings is 1. The van der Waals surface area contributed by atoms with Gasteiger partial charge in [0.1, 0.15) is 29.5 Å². The molecular formula is C29H32ClFN4O2. The minimum Gasteiger partial charge on any atom is -0.491 e. The third kappa shape index (κ3) is 5.89. The highest BCUT2D eigenvalue weighted by molar-refractivity contribution is 6.30. The maximum atomic E-state index is 14.1. The Bertz CT molecular complexity index is 1370. The van der Waals surface area contributed by atoms with E-state index in [1.807, 2.05) is 24.3 Å². The van der Waals surface area contributed by atoms with Gasteiger partial charge in [-0.15, -0.1) is 0 Å². The van der Waals surface area contributed by atoms with Crippen LogP contribution in [0.5, 0.6) is 11.6 Å². The molecule has 194 valence electrons. The van der Waals surface area contributed by atoms with Crippen molar-refractivity contribution < 1.29 is 13.9 Å². The average Bonchev–Trinajstić information content (AvgIpc) is 3.23. The summed E-state index contributed by atoms with van der Waals surface area (Å²) in [6.07, 6.45) is 2.99. The first-order valence-corrected chi connectivity index (χ1v) is 13.2. The highest BCUT2D eigenvalue weighted by atomic mass is 35.5. The number of para-hydroxylation sites is 1. The van der Waals surface area contributed by atoms with Gasteiger partial charge in [-0.1, -0.05) is 36.7 Å². The minimum atomic E-state index is -0.374. The number of aryl methyl sites for hydroxylation is 1. The number of rotatable bonds is 9. The van der Waals surface area contributed by atoms with E-state index in [4.69, 9.17) is 31.0 Å². The molecule has 0 unspecified atom stereocenters. The zero-order valence-electron chi connectivity index (χ0n) is 21.3. The number of likely N-dealkylation sites (tertiary alicyclic amines) is 1. The van der Waals surface area contributed by atoms with E-state index in [1.54, 1.807) is 12.1 Å². The fourth-order valence-corrected chi connectivity index (χ4v) is 4.98. The molecule has 5 rings (SSSR count). The number of fused-ring (bicyclic) bond motifs is 1. The first-order valence-electron chi connectivity index (χ1n) is 12.8. The smallest absolute Gasteiger partial charge is 0.213 e. The van der Waals surface area contributed by atoms with Crippen LogP contribution in [0.25, 0.3) is 11.0 Å². The SMILES string of the molecule is CCCOc1cccc2c1nc(CN1CCC(c3cccc(OCc4ccc(Cl)cc4F)n3)CC1)n2C. The molecule has 1 fully saturated rings. The van der Waals surface area contributed by atoms with Gasteiger partial charge in [0.2, 0.25) is 5.88 Å². The normalized spacial score (nSPS) is 14.8. The van der Waals surface area contributed by atoms with Crippen LogP contribution in [0.2, 0.25) is 5.02 Å².